The number of imidazole rings is 1. The first-order valence-corrected chi connectivity index (χ1v) is 13.5. The van der Waals surface area contributed by atoms with E-state index >= 15 is 0 Å². The number of pyridine rings is 1. The summed E-state index contributed by atoms with van der Waals surface area (Å²) in [6.45, 7) is 0.770. The van der Waals surface area contributed by atoms with Crippen molar-refractivity contribution in [2.24, 2.45) is 29.1 Å². The van der Waals surface area contributed by atoms with Crippen LogP contribution in [0.4, 0.5) is 0 Å². The predicted molar refractivity (Wildman–Crippen MR) is 137 cm³/mol. The molecule has 5 aliphatic rings. The second-order valence-electron chi connectivity index (χ2n) is 11.9. The van der Waals surface area contributed by atoms with Crippen LogP contribution in [0.25, 0.3) is 11.3 Å². The lowest BCUT2D eigenvalue weighted by Crippen LogP contribution is -2.57. The van der Waals surface area contributed by atoms with Crippen LogP contribution in [0.2, 0.25) is 0 Å². The van der Waals surface area contributed by atoms with Gasteiger partial charge in [-0.05, 0) is 90.9 Å². The Morgan fingerprint density at radius 3 is 2.67 bits per heavy atom. The summed E-state index contributed by atoms with van der Waals surface area (Å²) in [6, 6.07) is 12.6. The molecule has 4 saturated carbocycles. The van der Waals surface area contributed by atoms with Gasteiger partial charge in [0.05, 0.1) is 36.8 Å². The molecule has 1 amide bonds. The van der Waals surface area contributed by atoms with Crippen LogP contribution in [0.1, 0.15) is 55.7 Å². The average molecular weight is 483 g/mol. The molecular weight excluding hydrogens is 448 g/mol. The Balaban J connectivity index is 1.04. The summed E-state index contributed by atoms with van der Waals surface area (Å²) in [4.78, 5) is 21.1. The first kappa shape index (κ1) is 22.2. The molecule has 4 unspecified atom stereocenters. The first-order valence-electron chi connectivity index (χ1n) is 13.5. The van der Waals surface area contributed by atoms with Gasteiger partial charge in [-0.3, -0.25) is 9.78 Å². The number of aromatic nitrogens is 3. The number of fused-ring (bicyclic) bond motifs is 3. The third-order valence-electron chi connectivity index (χ3n) is 9.92. The number of nitrogens with one attached hydrogen (secondary N) is 1. The Labute approximate surface area is 212 Å². The van der Waals surface area contributed by atoms with Crippen molar-refractivity contribution in [3.05, 3.63) is 72.4 Å². The zero-order valence-corrected chi connectivity index (χ0v) is 20.6. The van der Waals surface area contributed by atoms with Crippen molar-refractivity contribution in [2.45, 2.75) is 57.1 Å². The number of benzene rings is 1. The summed E-state index contributed by atoms with van der Waals surface area (Å²) in [5.74, 6) is 2.57. The molecule has 4 fully saturated rings. The Hall–Kier alpha value is -2.99. The summed E-state index contributed by atoms with van der Waals surface area (Å²) in [6.07, 6.45) is 14.1. The zero-order chi connectivity index (χ0) is 24.3. The molecule has 0 radical (unpaired) electrons. The van der Waals surface area contributed by atoms with E-state index in [9.17, 15) is 9.90 Å². The molecule has 6 heteroatoms. The number of aliphatic hydroxyl groups is 1. The minimum atomic E-state index is -0.320. The maximum atomic E-state index is 12.6. The van der Waals surface area contributed by atoms with Crippen molar-refractivity contribution in [1.82, 2.24) is 19.9 Å². The predicted octanol–water partition coefficient (Wildman–Crippen LogP) is 4.40. The fourth-order valence-corrected chi connectivity index (χ4v) is 8.55. The third-order valence-corrected chi connectivity index (χ3v) is 9.92. The van der Waals surface area contributed by atoms with E-state index in [0.717, 1.165) is 49.4 Å². The number of rotatable bonds is 7. The van der Waals surface area contributed by atoms with E-state index in [1.165, 1.54) is 24.0 Å². The smallest absolute Gasteiger partial charge is 0.224 e. The van der Waals surface area contributed by atoms with Gasteiger partial charge in [-0.1, -0.05) is 24.3 Å². The largest absolute Gasteiger partial charge is 0.392 e. The second kappa shape index (κ2) is 8.55. The maximum Gasteiger partial charge on any atom is 0.224 e. The van der Waals surface area contributed by atoms with Crippen LogP contribution in [-0.2, 0) is 11.2 Å². The molecule has 0 spiro atoms. The van der Waals surface area contributed by atoms with Crippen molar-refractivity contribution < 1.29 is 9.90 Å². The monoisotopic (exact) mass is 482 g/mol. The summed E-state index contributed by atoms with van der Waals surface area (Å²) >= 11 is 0. The summed E-state index contributed by atoms with van der Waals surface area (Å²) in [5.41, 5.74) is 4.75. The molecular formula is C30H34N4O2. The summed E-state index contributed by atoms with van der Waals surface area (Å²) in [7, 11) is 0. The number of hydrogen-bond acceptors (Lipinski definition) is 4. The molecule has 3 aromatic rings. The maximum absolute atomic E-state index is 12.6. The second-order valence-corrected chi connectivity index (χ2v) is 11.9. The van der Waals surface area contributed by atoms with Crippen LogP contribution >= 0.6 is 0 Å². The SMILES string of the molecule is O=C(Cc1ccncc1)NCC1C2CC3CC1CC(C(O)CC1c4ccccc4-c4cncn41)(C3)C2. The topological polar surface area (TPSA) is 80.0 Å². The summed E-state index contributed by atoms with van der Waals surface area (Å²) in [5, 5.41) is 15.1. The minimum absolute atomic E-state index is 0.0202. The van der Waals surface area contributed by atoms with Crippen LogP contribution in [0, 0.1) is 29.1 Å². The van der Waals surface area contributed by atoms with Gasteiger partial charge in [0.25, 0.3) is 0 Å². The highest BCUT2D eigenvalue weighted by molar-refractivity contribution is 5.78. The third kappa shape index (κ3) is 3.61. The Bertz CT molecular complexity index is 1250. The molecule has 6 nitrogen and oxygen atoms in total. The van der Waals surface area contributed by atoms with Crippen LogP contribution in [0.3, 0.4) is 0 Å². The molecule has 0 saturated heterocycles. The minimum Gasteiger partial charge on any atom is -0.392 e. The molecule has 1 aromatic carbocycles. The van der Waals surface area contributed by atoms with Crippen LogP contribution < -0.4 is 5.32 Å². The van der Waals surface area contributed by atoms with E-state index in [2.05, 4.69) is 44.1 Å². The van der Waals surface area contributed by atoms with E-state index in [0.29, 0.717) is 24.2 Å². The van der Waals surface area contributed by atoms with Gasteiger partial charge in [-0.25, -0.2) is 4.98 Å². The van der Waals surface area contributed by atoms with Crippen LogP contribution in [-0.4, -0.2) is 38.2 Å². The number of hydrogen-bond donors (Lipinski definition) is 2. The number of carbonyl (C=O) groups is 1. The van der Waals surface area contributed by atoms with Gasteiger partial charge < -0.3 is 15.0 Å². The van der Waals surface area contributed by atoms with Crippen LogP contribution in [0.5, 0.6) is 0 Å². The lowest BCUT2D eigenvalue weighted by molar-refractivity contribution is -0.150. The van der Waals surface area contributed by atoms with E-state index in [1.807, 2.05) is 24.7 Å². The molecule has 2 aromatic heterocycles. The number of carbonyl (C=O) groups excluding carboxylic acids is 1. The van der Waals surface area contributed by atoms with Crippen molar-refractivity contribution in [3.63, 3.8) is 0 Å². The molecule has 36 heavy (non-hydrogen) atoms. The van der Waals surface area contributed by atoms with Gasteiger partial charge in [-0.15, -0.1) is 0 Å². The van der Waals surface area contributed by atoms with Gasteiger partial charge in [0.1, 0.15) is 0 Å². The molecule has 8 rings (SSSR count). The van der Waals surface area contributed by atoms with Crippen LogP contribution in [0.15, 0.2) is 61.3 Å². The highest BCUT2D eigenvalue weighted by Crippen LogP contribution is 2.64. The van der Waals surface area contributed by atoms with E-state index in [-0.39, 0.29) is 23.5 Å². The van der Waals surface area contributed by atoms with Crippen molar-refractivity contribution in [2.75, 3.05) is 6.54 Å². The molecule has 1 aliphatic heterocycles. The Kier molecular flexibility index (Phi) is 5.28. The quantitative estimate of drug-likeness (QED) is 0.523. The van der Waals surface area contributed by atoms with E-state index in [4.69, 9.17) is 0 Å². The number of amides is 1. The highest BCUT2D eigenvalue weighted by Gasteiger charge is 2.58. The first-order chi connectivity index (χ1) is 17.6. The van der Waals surface area contributed by atoms with Gasteiger partial charge in [0, 0.05) is 24.5 Å². The number of nitrogens with zero attached hydrogens (tertiary/aromatic N) is 3. The zero-order valence-electron chi connectivity index (χ0n) is 20.6. The Morgan fingerprint density at radius 2 is 1.86 bits per heavy atom. The lowest BCUT2D eigenvalue weighted by atomic mass is 9.44. The number of aliphatic hydroxyl groups excluding tert-OH is 1. The van der Waals surface area contributed by atoms with Gasteiger partial charge in [-0.2, -0.15) is 0 Å². The fourth-order valence-electron chi connectivity index (χ4n) is 8.55. The highest BCUT2D eigenvalue weighted by atomic mass is 16.3. The van der Waals surface area contributed by atoms with Gasteiger partial charge in [0.2, 0.25) is 5.91 Å². The molecule has 4 bridgehead atoms. The summed E-state index contributed by atoms with van der Waals surface area (Å²) < 4.78 is 2.26. The normalized spacial score (nSPS) is 32.2. The molecule has 4 aliphatic carbocycles. The fraction of sp³-hybridized carbons (Fsp3) is 0.500. The lowest BCUT2D eigenvalue weighted by Gasteiger charge is -2.61. The molecule has 186 valence electrons. The average Bonchev–Trinajstić information content (AvgIpc) is 3.46. The molecule has 4 atom stereocenters. The standard InChI is InChI=1S/C30H34N4O2/c35-28(12-26-23-3-1-2-4-24(23)27-17-32-18-34(26)27)30-13-20-9-21(14-30)25(22(10-20)15-30)16-33-29(36)11-19-5-7-31-8-6-19/h1-8,17-18,20-22,25-26,28,35H,9-16H2,(H,33,36). The molecule has 2 N–H and O–H groups in total. The molecule has 3 heterocycles. The van der Waals surface area contributed by atoms with Crippen molar-refractivity contribution in [3.8, 4) is 11.3 Å². The van der Waals surface area contributed by atoms with E-state index in [1.54, 1.807) is 12.4 Å². The van der Waals surface area contributed by atoms with Crippen molar-refractivity contribution >= 4 is 5.91 Å². The van der Waals surface area contributed by atoms with Gasteiger partial charge >= 0.3 is 0 Å². The Morgan fingerprint density at radius 1 is 1.08 bits per heavy atom. The van der Waals surface area contributed by atoms with Gasteiger partial charge in [0.15, 0.2) is 0 Å². The van der Waals surface area contributed by atoms with Crippen molar-refractivity contribution in [1.29, 1.82) is 0 Å². The van der Waals surface area contributed by atoms with E-state index < -0.39 is 0 Å².